The van der Waals surface area contributed by atoms with Crippen molar-refractivity contribution in [3.63, 3.8) is 0 Å². The molecule has 0 bridgehead atoms. The van der Waals surface area contributed by atoms with Crippen LogP contribution in [0, 0.1) is 5.82 Å². The number of aryl methyl sites for hydroxylation is 1. The number of sulfone groups is 1. The Morgan fingerprint density at radius 2 is 1.46 bits per heavy atom. The number of carbonyl (C=O) groups excluding carboxylic acids is 1. The van der Waals surface area contributed by atoms with Gasteiger partial charge >= 0.3 is 18.0 Å². The SMILES string of the molecule is O=C(NC(CCCc1ccc(C(F)(C(F)(F)F)C(F)(F)F)cc1)CCS(=O)(=O)c1ccc(F)cc1)c1cnccn1. The minimum Gasteiger partial charge on any atom is -0.348 e. The van der Waals surface area contributed by atoms with Crippen LogP contribution in [0.25, 0.3) is 0 Å². The summed E-state index contributed by atoms with van der Waals surface area (Å²) in [5.41, 5.74) is -6.90. The average molecular weight is 610 g/mol. The van der Waals surface area contributed by atoms with Gasteiger partial charge in [-0.25, -0.2) is 22.2 Å². The Hall–Kier alpha value is -3.62. The summed E-state index contributed by atoms with van der Waals surface area (Å²) in [5, 5.41) is 2.65. The van der Waals surface area contributed by atoms with Crippen LogP contribution in [0.1, 0.15) is 40.9 Å². The molecule has 3 rings (SSSR count). The van der Waals surface area contributed by atoms with Gasteiger partial charge in [-0.1, -0.05) is 24.3 Å². The molecule has 15 heteroatoms. The molecule has 1 amide bonds. The number of hydrogen-bond donors (Lipinski definition) is 1. The summed E-state index contributed by atoms with van der Waals surface area (Å²) < 4.78 is 131. The number of aromatic nitrogens is 2. The molecule has 0 aliphatic carbocycles. The van der Waals surface area contributed by atoms with Crippen LogP contribution in [0.2, 0.25) is 0 Å². The minimum atomic E-state index is -6.23. The van der Waals surface area contributed by atoms with Gasteiger partial charge in [-0.15, -0.1) is 0 Å². The van der Waals surface area contributed by atoms with E-state index >= 15 is 0 Å². The molecule has 41 heavy (non-hydrogen) atoms. The third kappa shape index (κ3) is 7.77. The van der Waals surface area contributed by atoms with Gasteiger partial charge in [0.1, 0.15) is 11.5 Å². The molecule has 222 valence electrons. The number of halogens is 8. The predicted molar refractivity (Wildman–Crippen MR) is 131 cm³/mol. The van der Waals surface area contributed by atoms with E-state index in [0.717, 1.165) is 36.4 Å². The number of carbonyl (C=O) groups is 1. The van der Waals surface area contributed by atoms with Crippen LogP contribution in [0.15, 0.2) is 72.0 Å². The molecular weight excluding hydrogens is 586 g/mol. The third-order valence-corrected chi connectivity index (χ3v) is 7.95. The molecule has 1 atom stereocenters. The Morgan fingerprint density at radius 3 is 2.00 bits per heavy atom. The van der Waals surface area contributed by atoms with Crippen molar-refractivity contribution in [2.75, 3.05) is 5.75 Å². The molecule has 0 saturated carbocycles. The van der Waals surface area contributed by atoms with Crippen LogP contribution in [-0.4, -0.2) is 48.4 Å². The van der Waals surface area contributed by atoms with Crippen molar-refractivity contribution in [1.82, 2.24) is 15.3 Å². The Kier molecular flexibility index (Phi) is 9.72. The molecule has 1 aromatic heterocycles. The van der Waals surface area contributed by atoms with E-state index in [1.54, 1.807) is 0 Å². The van der Waals surface area contributed by atoms with Crippen molar-refractivity contribution in [2.24, 2.45) is 0 Å². The van der Waals surface area contributed by atoms with Gasteiger partial charge in [-0.3, -0.25) is 9.78 Å². The second kappa shape index (κ2) is 12.5. The quantitative estimate of drug-likeness (QED) is 0.216. The Balaban J connectivity index is 1.70. The van der Waals surface area contributed by atoms with Crippen molar-refractivity contribution in [1.29, 1.82) is 0 Å². The fraction of sp³-hybridized carbons (Fsp3) is 0.346. The van der Waals surface area contributed by atoms with Crippen molar-refractivity contribution in [2.45, 2.75) is 54.6 Å². The zero-order valence-electron chi connectivity index (χ0n) is 21.0. The van der Waals surface area contributed by atoms with Gasteiger partial charge in [0, 0.05) is 24.0 Å². The number of rotatable bonds is 11. The van der Waals surface area contributed by atoms with Crippen LogP contribution in [-0.2, 0) is 21.9 Å². The molecule has 0 fully saturated rings. The zero-order valence-corrected chi connectivity index (χ0v) is 21.8. The lowest BCUT2D eigenvalue weighted by molar-refractivity contribution is -0.348. The van der Waals surface area contributed by atoms with E-state index in [1.165, 1.54) is 18.6 Å². The Bertz CT molecular complexity index is 1400. The van der Waals surface area contributed by atoms with Crippen molar-refractivity contribution in [3.05, 3.63) is 89.8 Å². The van der Waals surface area contributed by atoms with Crippen molar-refractivity contribution < 1.29 is 48.3 Å². The second-order valence-electron chi connectivity index (χ2n) is 9.07. The average Bonchev–Trinajstić information content (AvgIpc) is 2.91. The second-order valence-corrected chi connectivity index (χ2v) is 11.2. The van der Waals surface area contributed by atoms with E-state index in [-0.39, 0.29) is 36.3 Å². The van der Waals surface area contributed by atoms with Gasteiger partial charge < -0.3 is 5.32 Å². The van der Waals surface area contributed by atoms with E-state index in [1.807, 2.05) is 0 Å². The maximum absolute atomic E-state index is 14.2. The third-order valence-electron chi connectivity index (χ3n) is 6.19. The van der Waals surface area contributed by atoms with Crippen LogP contribution in [0.3, 0.4) is 0 Å². The highest BCUT2D eigenvalue weighted by molar-refractivity contribution is 7.91. The number of nitrogens with one attached hydrogen (secondary N) is 1. The molecule has 2 aromatic carbocycles. The standard InChI is InChI=1S/C26H23F8N3O3S/c27-19-8-10-21(11-9-19)41(39,40)15-12-20(37-23(38)22-16-35-13-14-36-22)3-1-2-17-4-6-18(7-5-17)24(28,25(29,30)31)26(32,33)34/h4-11,13-14,16,20H,1-3,12,15H2,(H,37,38). The first-order valence-corrected chi connectivity index (χ1v) is 13.7. The fourth-order valence-electron chi connectivity index (χ4n) is 3.96. The molecule has 0 aliphatic rings. The monoisotopic (exact) mass is 609 g/mol. The lowest BCUT2D eigenvalue weighted by Crippen LogP contribution is -2.50. The molecule has 0 saturated heterocycles. The van der Waals surface area contributed by atoms with Gasteiger partial charge in [0.2, 0.25) is 0 Å². The normalized spacial score (nSPS) is 13.6. The first-order chi connectivity index (χ1) is 19.0. The van der Waals surface area contributed by atoms with Crippen LogP contribution < -0.4 is 5.32 Å². The minimum absolute atomic E-state index is 0.0430. The highest BCUT2D eigenvalue weighted by Crippen LogP contribution is 2.53. The highest BCUT2D eigenvalue weighted by atomic mass is 32.2. The zero-order chi connectivity index (χ0) is 30.5. The van der Waals surface area contributed by atoms with Gasteiger partial charge in [0.25, 0.3) is 5.91 Å². The predicted octanol–water partition coefficient (Wildman–Crippen LogP) is 5.89. The smallest absolute Gasteiger partial charge is 0.348 e. The van der Waals surface area contributed by atoms with Gasteiger partial charge in [-0.2, -0.15) is 26.3 Å². The summed E-state index contributed by atoms with van der Waals surface area (Å²) in [6.07, 6.45) is -8.24. The highest BCUT2D eigenvalue weighted by Gasteiger charge is 2.73. The summed E-state index contributed by atoms with van der Waals surface area (Å²) in [7, 11) is -3.86. The maximum Gasteiger partial charge on any atom is 0.435 e. The lowest BCUT2D eigenvalue weighted by atomic mass is 9.92. The summed E-state index contributed by atoms with van der Waals surface area (Å²) >= 11 is 0. The number of alkyl halides is 7. The first kappa shape index (κ1) is 31.9. The molecule has 1 heterocycles. The molecule has 0 radical (unpaired) electrons. The maximum atomic E-state index is 14.2. The number of nitrogens with zero attached hydrogens (tertiary/aromatic N) is 2. The lowest BCUT2D eigenvalue weighted by Gasteiger charge is -2.30. The van der Waals surface area contributed by atoms with E-state index < -0.39 is 56.9 Å². The van der Waals surface area contributed by atoms with E-state index in [2.05, 4.69) is 15.3 Å². The molecule has 6 nitrogen and oxygen atoms in total. The Morgan fingerprint density at radius 1 is 0.854 bits per heavy atom. The first-order valence-electron chi connectivity index (χ1n) is 12.0. The molecule has 0 aliphatic heterocycles. The van der Waals surface area contributed by atoms with Gasteiger partial charge in [-0.05, 0) is 55.5 Å². The van der Waals surface area contributed by atoms with Crippen LogP contribution in [0.5, 0.6) is 0 Å². The van der Waals surface area contributed by atoms with Crippen LogP contribution >= 0.6 is 0 Å². The van der Waals surface area contributed by atoms with Crippen LogP contribution in [0.4, 0.5) is 35.1 Å². The fourth-order valence-corrected chi connectivity index (χ4v) is 5.34. The number of amides is 1. The molecule has 1 unspecified atom stereocenters. The van der Waals surface area contributed by atoms with Gasteiger partial charge in [0.15, 0.2) is 9.84 Å². The van der Waals surface area contributed by atoms with E-state index in [0.29, 0.717) is 17.7 Å². The Labute approximate surface area is 229 Å². The molecule has 3 aromatic rings. The number of hydrogen-bond acceptors (Lipinski definition) is 5. The van der Waals surface area contributed by atoms with E-state index in [9.17, 15) is 48.3 Å². The summed E-state index contributed by atoms with van der Waals surface area (Å²) in [6, 6.07) is 6.14. The summed E-state index contributed by atoms with van der Waals surface area (Å²) in [4.78, 5) is 20.1. The molecular formula is C26H23F8N3O3S. The largest absolute Gasteiger partial charge is 0.435 e. The van der Waals surface area contributed by atoms with Crippen molar-refractivity contribution in [3.8, 4) is 0 Å². The van der Waals surface area contributed by atoms with Gasteiger partial charge in [0.05, 0.1) is 16.8 Å². The summed E-state index contributed by atoms with van der Waals surface area (Å²) in [5.74, 6) is -1.70. The van der Waals surface area contributed by atoms with E-state index in [4.69, 9.17) is 0 Å². The topological polar surface area (TPSA) is 89.0 Å². The summed E-state index contributed by atoms with van der Waals surface area (Å²) in [6.45, 7) is 0. The molecule has 1 N–H and O–H groups in total. The molecule has 0 spiro atoms. The number of benzene rings is 2. The van der Waals surface area contributed by atoms with Crippen molar-refractivity contribution >= 4 is 15.7 Å².